The second kappa shape index (κ2) is 12.7. The number of hydrogen-bond donors (Lipinski definition) is 1. The van der Waals surface area contributed by atoms with Crippen molar-refractivity contribution >= 4 is 23.2 Å². The molecular weight excluding hydrogens is 438 g/mol. The van der Waals surface area contributed by atoms with Crippen LogP contribution in [0.3, 0.4) is 0 Å². The minimum absolute atomic E-state index is 0.0152. The summed E-state index contributed by atoms with van der Waals surface area (Å²) in [5.41, 5.74) is 4.71. The monoisotopic (exact) mass is 473 g/mol. The summed E-state index contributed by atoms with van der Waals surface area (Å²) < 4.78 is 4.94. The highest BCUT2D eigenvalue weighted by atomic mass is 16.5. The van der Waals surface area contributed by atoms with Gasteiger partial charge in [-0.2, -0.15) is 0 Å². The second-order valence-corrected chi connectivity index (χ2v) is 8.77. The van der Waals surface area contributed by atoms with E-state index in [1.54, 1.807) is 0 Å². The fourth-order valence-electron chi connectivity index (χ4n) is 4.23. The third-order valence-corrected chi connectivity index (χ3v) is 5.92. The van der Waals surface area contributed by atoms with Gasteiger partial charge in [0.05, 0.1) is 5.92 Å². The Labute approximate surface area is 208 Å². The first-order valence-electron chi connectivity index (χ1n) is 11.9. The van der Waals surface area contributed by atoms with Crippen LogP contribution >= 0.6 is 0 Å². The van der Waals surface area contributed by atoms with Gasteiger partial charge in [-0.1, -0.05) is 67.6 Å². The molecule has 0 saturated carbocycles. The van der Waals surface area contributed by atoms with E-state index in [2.05, 4.69) is 5.32 Å². The largest absolute Gasteiger partial charge is 0.377 e. The van der Waals surface area contributed by atoms with Crippen molar-refractivity contribution in [1.29, 1.82) is 0 Å². The predicted octanol–water partition coefficient (Wildman–Crippen LogP) is 5.06. The lowest BCUT2D eigenvalue weighted by Crippen LogP contribution is -2.34. The van der Waals surface area contributed by atoms with E-state index in [1.165, 1.54) is 7.11 Å². The molecule has 184 valence electrons. The van der Waals surface area contributed by atoms with E-state index in [1.807, 2.05) is 110 Å². The molecule has 0 saturated heterocycles. The molecule has 1 unspecified atom stereocenters. The predicted molar refractivity (Wildman–Crippen MR) is 141 cm³/mol. The lowest BCUT2D eigenvalue weighted by Gasteiger charge is -2.29. The molecule has 0 aliphatic carbocycles. The molecule has 0 spiro atoms. The van der Waals surface area contributed by atoms with E-state index in [9.17, 15) is 9.59 Å². The number of anilines is 2. The van der Waals surface area contributed by atoms with Crippen LogP contribution in [0.1, 0.15) is 36.0 Å². The van der Waals surface area contributed by atoms with Gasteiger partial charge in [0, 0.05) is 45.7 Å². The summed E-state index contributed by atoms with van der Waals surface area (Å²) in [6.07, 6.45) is 0.710. The molecule has 0 aliphatic rings. The zero-order chi connectivity index (χ0) is 25.2. The number of carbonyl (C=O) groups excluding carboxylic acids is 2. The van der Waals surface area contributed by atoms with Gasteiger partial charge in [-0.05, 0) is 41.3 Å². The third-order valence-electron chi connectivity index (χ3n) is 5.92. The summed E-state index contributed by atoms with van der Waals surface area (Å²) >= 11 is 0. The van der Waals surface area contributed by atoms with Gasteiger partial charge in [-0.3, -0.25) is 9.59 Å². The van der Waals surface area contributed by atoms with Crippen molar-refractivity contribution in [2.45, 2.75) is 32.4 Å². The molecule has 2 amide bonds. The molecular formula is C29H35N3O3. The van der Waals surface area contributed by atoms with E-state index in [0.717, 1.165) is 22.4 Å². The average Bonchev–Trinajstić information content (AvgIpc) is 2.85. The summed E-state index contributed by atoms with van der Waals surface area (Å²) in [5.74, 6) is -0.364. The Morgan fingerprint density at radius 2 is 1.57 bits per heavy atom. The van der Waals surface area contributed by atoms with Gasteiger partial charge < -0.3 is 19.9 Å². The lowest BCUT2D eigenvalue weighted by atomic mass is 9.94. The molecule has 0 bridgehead atoms. The highest BCUT2D eigenvalue weighted by Crippen LogP contribution is 2.28. The van der Waals surface area contributed by atoms with Gasteiger partial charge >= 0.3 is 0 Å². The summed E-state index contributed by atoms with van der Waals surface area (Å²) in [5, 5.41) is 2.88. The molecule has 3 aromatic carbocycles. The summed E-state index contributed by atoms with van der Waals surface area (Å²) in [4.78, 5) is 30.0. The number of amides is 2. The maximum absolute atomic E-state index is 13.9. The van der Waals surface area contributed by atoms with Crippen LogP contribution in [0.15, 0.2) is 78.9 Å². The van der Waals surface area contributed by atoms with Gasteiger partial charge in [0.2, 0.25) is 11.8 Å². The van der Waals surface area contributed by atoms with Crippen LogP contribution in [0.25, 0.3) is 0 Å². The van der Waals surface area contributed by atoms with Crippen molar-refractivity contribution in [2.24, 2.45) is 0 Å². The van der Waals surface area contributed by atoms with Crippen molar-refractivity contribution in [3.63, 3.8) is 0 Å². The number of methoxy groups -OCH3 is 1. The quantitative estimate of drug-likeness (QED) is 0.423. The number of nitrogens with zero attached hydrogens (tertiary/aromatic N) is 2. The fraction of sp³-hybridized carbons (Fsp3) is 0.310. The second-order valence-electron chi connectivity index (χ2n) is 8.77. The van der Waals surface area contributed by atoms with Gasteiger partial charge in [0.25, 0.3) is 0 Å². The minimum Gasteiger partial charge on any atom is -0.377 e. The lowest BCUT2D eigenvalue weighted by molar-refractivity contribution is -0.134. The topological polar surface area (TPSA) is 61.9 Å². The zero-order valence-electron chi connectivity index (χ0n) is 21.0. The minimum atomic E-state index is -0.229. The molecule has 6 heteroatoms. The molecule has 0 aromatic heterocycles. The van der Waals surface area contributed by atoms with Crippen LogP contribution in [-0.4, -0.2) is 44.5 Å². The molecule has 0 heterocycles. The van der Waals surface area contributed by atoms with Gasteiger partial charge in [-0.15, -0.1) is 0 Å². The molecule has 0 fully saturated rings. The van der Waals surface area contributed by atoms with E-state index in [-0.39, 0.29) is 24.3 Å². The fourth-order valence-corrected chi connectivity index (χ4v) is 4.23. The molecule has 1 N–H and O–H groups in total. The number of carbonyl (C=O) groups is 2. The van der Waals surface area contributed by atoms with Crippen LogP contribution in [-0.2, 0) is 27.4 Å². The standard InChI is InChI=1S/C29H35N3O3/c1-5-26(23-14-10-7-11-15-23)29(34)32(19-22-12-8-6-9-13-22)20-24-18-25(30-28(33)21-35-4)16-17-27(24)31(2)3/h6-18,26H,5,19-21H2,1-4H3,(H,30,33). The Hall–Kier alpha value is -3.64. The Bertz CT molecular complexity index is 1100. The summed E-state index contributed by atoms with van der Waals surface area (Å²) in [6, 6.07) is 25.8. The zero-order valence-corrected chi connectivity index (χ0v) is 21.0. The van der Waals surface area contributed by atoms with E-state index < -0.39 is 0 Å². The number of hydrogen-bond acceptors (Lipinski definition) is 4. The van der Waals surface area contributed by atoms with Crippen LogP contribution in [0.5, 0.6) is 0 Å². The molecule has 1 atom stereocenters. The van der Waals surface area contributed by atoms with Crippen LogP contribution < -0.4 is 10.2 Å². The summed E-state index contributed by atoms with van der Waals surface area (Å²) in [7, 11) is 5.44. The Morgan fingerprint density at radius 3 is 2.17 bits per heavy atom. The maximum Gasteiger partial charge on any atom is 0.250 e. The highest BCUT2D eigenvalue weighted by molar-refractivity contribution is 5.92. The van der Waals surface area contributed by atoms with E-state index >= 15 is 0 Å². The Balaban J connectivity index is 1.97. The van der Waals surface area contributed by atoms with Gasteiger partial charge in [0.1, 0.15) is 6.61 Å². The Kier molecular flexibility index (Phi) is 9.44. The van der Waals surface area contributed by atoms with Crippen molar-refractivity contribution in [1.82, 2.24) is 4.90 Å². The first-order valence-corrected chi connectivity index (χ1v) is 11.9. The number of benzene rings is 3. The summed E-state index contributed by atoms with van der Waals surface area (Å²) in [6.45, 7) is 2.95. The van der Waals surface area contributed by atoms with Crippen molar-refractivity contribution < 1.29 is 14.3 Å². The molecule has 3 aromatic rings. The normalized spacial score (nSPS) is 11.5. The van der Waals surface area contributed by atoms with E-state index in [4.69, 9.17) is 4.74 Å². The highest BCUT2D eigenvalue weighted by Gasteiger charge is 2.26. The van der Waals surface area contributed by atoms with E-state index in [0.29, 0.717) is 25.2 Å². The first kappa shape index (κ1) is 26.0. The molecule has 35 heavy (non-hydrogen) atoms. The van der Waals surface area contributed by atoms with Crippen molar-refractivity contribution in [3.8, 4) is 0 Å². The SMILES string of the molecule is CCC(C(=O)N(Cc1ccccc1)Cc1cc(NC(=O)COC)ccc1N(C)C)c1ccccc1. The first-order chi connectivity index (χ1) is 16.9. The molecule has 0 aliphatic heterocycles. The smallest absolute Gasteiger partial charge is 0.250 e. The van der Waals surface area contributed by atoms with Crippen LogP contribution in [0.2, 0.25) is 0 Å². The maximum atomic E-state index is 13.9. The molecule has 6 nitrogen and oxygen atoms in total. The van der Waals surface area contributed by atoms with Gasteiger partial charge in [0.15, 0.2) is 0 Å². The molecule has 0 radical (unpaired) electrons. The van der Waals surface area contributed by atoms with Crippen molar-refractivity contribution in [3.05, 3.63) is 95.6 Å². The molecule has 3 rings (SSSR count). The number of ether oxygens (including phenoxy) is 1. The van der Waals surface area contributed by atoms with Crippen molar-refractivity contribution in [2.75, 3.05) is 38.0 Å². The number of rotatable bonds is 11. The van der Waals surface area contributed by atoms with Crippen LogP contribution in [0, 0.1) is 0 Å². The number of nitrogens with one attached hydrogen (secondary N) is 1. The third kappa shape index (κ3) is 7.17. The Morgan fingerprint density at radius 1 is 0.914 bits per heavy atom. The average molecular weight is 474 g/mol. The van der Waals surface area contributed by atoms with Crippen LogP contribution in [0.4, 0.5) is 11.4 Å². The van der Waals surface area contributed by atoms with Gasteiger partial charge in [-0.25, -0.2) is 0 Å².